The van der Waals surface area contributed by atoms with E-state index in [0.717, 1.165) is 42.0 Å². The van der Waals surface area contributed by atoms with Crippen LogP contribution >= 0.6 is 15.9 Å². The highest BCUT2D eigenvalue weighted by atomic mass is 79.9. The summed E-state index contributed by atoms with van der Waals surface area (Å²) in [6.07, 6.45) is 1.01. The van der Waals surface area contributed by atoms with Crippen molar-refractivity contribution < 1.29 is 9.47 Å². The zero-order valence-corrected chi connectivity index (χ0v) is 18.6. The molecule has 0 radical (unpaired) electrons. The van der Waals surface area contributed by atoms with Gasteiger partial charge in [0.05, 0.1) is 23.7 Å². The van der Waals surface area contributed by atoms with Gasteiger partial charge < -0.3 is 14.9 Å². The van der Waals surface area contributed by atoms with Crippen LogP contribution in [-0.2, 0) is 6.54 Å². The second-order valence-corrected chi connectivity index (χ2v) is 8.34. The lowest BCUT2D eigenvalue weighted by Gasteiger charge is -2.33. The molecule has 0 spiro atoms. The Morgan fingerprint density at radius 3 is 2.69 bits per heavy atom. The summed E-state index contributed by atoms with van der Waals surface area (Å²) in [7, 11) is 0. The first-order valence-corrected chi connectivity index (χ1v) is 11.2. The lowest BCUT2D eigenvalue weighted by molar-refractivity contribution is 0.220. The third-order valence-corrected chi connectivity index (χ3v) is 6.13. The van der Waals surface area contributed by atoms with E-state index in [9.17, 15) is 0 Å². The van der Waals surface area contributed by atoms with E-state index < -0.39 is 0 Å². The number of ether oxygens (including phenoxy) is 2. The summed E-state index contributed by atoms with van der Waals surface area (Å²) in [5.74, 6) is 1.92. The lowest BCUT2D eigenvalue weighted by atomic mass is 9.86. The van der Waals surface area contributed by atoms with Crippen LogP contribution in [0.4, 0.5) is 0 Å². The second-order valence-electron chi connectivity index (χ2n) is 7.48. The van der Waals surface area contributed by atoms with Gasteiger partial charge in [-0.1, -0.05) is 30.3 Å². The van der Waals surface area contributed by atoms with Gasteiger partial charge in [-0.15, -0.1) is 0 Å². The van der Waals surface area contributed by atoms with E-state index in [2.05, 4.69) is 73.8 Å². The van der Waals surface area contributed by atoms with E-state index in [1.165, 1.54) is 16.8 Å². The van der Waals surface area contributed by atoms with Gasteiger partial charge in [-0.3, -0.25) is 4.90 Å². The summed E-state index contributed by atoms with van der Waals surface area (Å²) in [5, 5.41) is 4.67. The quantitative estimate of drug-likeness (QED) is 0.650. The molecule has 2 aliphatic rings. The topological polar surface area (TPSA) is 46.1 Å². The van der Waals surface area contributed by atoms with Crippen molar-refractivity contribution in [2.45, 2.75) is 32.9 Å². The third kappa shape index (κ3) is 4.43. The Morgan fingerprint density at radius 2 is 1.93 bits per heavy atom. The van der Waals surface area contributed by atoms with Crippen molar-refractivity contribution in [3.8, 4) is 11.5 Å². The van der Waals surface area contributed by atoms with Gasteiger partial charge in [-0.05, 0) is 53.0 Å². The fourth-order valence-electron chi connectivity index (χ4n) is 4.22. The molecule has 5 nitrogen and oxygen atoms in total. The smallest absolute Gasteiger partial charge is 0.175 e. The summed E-state index contributed by atoms with van der Waals surface area (Å²) >= 11 is 3.68. The third-order valence-electron chi connectivity index (χ3n) is 5.55. The Morgan fingerprint density at radius 1 is 1.14 bits per heavy atom. The molecule has 2 aromatic carbocycles. The highest BCUT2D eigenvalue weighted by Crippen LogP contribution is 2.41. The summed E-state index contributed by atoms with van der Waals surface area (Å²) < 4.78 is 12.6. The summed E-state index contributed by atoms with van der Waals surface area (Å²) in [5.41, 5.74) is 7.21. The molecule has 0 amide bonds. The van der Waals surface area contributed by atoms with E-state index >= 15 is 0 Å². The van der Waals surface area contributed by atoms with E-state index in [1.54, 1.807) is 0 Å². The average Bonchev–Trinajstić information content (AvgIpc) is 3.14. The molecule has 2 aliphatic heterocycles. The molecular formula is C23H28BrN3O2. The molecule has 0 aliphatic carbocycles. The highest BCUT2D eigenvalue weighted by Gasteiger charge is 2.37. The fourth-order valence-corrected chi connectivity index (χ4v) is 4.79. The van der Waals surface area contributed by atoms with E-state index in [1.807, 2.05) is 13.8 Å². The number of hydrogen-bond donors (Lipinski definition) is 1. The molecule has 29 heavy (non-hydrogen) atoms. The minimum Gasteiger partial charge on any atom is -0.490 e. The van der Waals surface area contributed by atoms with Gasteiger partial charge in [-0.2, -0.15) is 5.10 Å². The minimum atomic E-state index is 0.148. The molecule has 1 saturated heterocycles. The van der Waals surface area contributed by atoms with Crippen molar-refractivity contribution in [3.05, 3.63) is 58.1 Å². The molecule has 1 fully saturated rings. The number of fused-ring (bicyclic) bond motifs is 1. The number of nitrogens with one attached hydrogen (secondary N) is 1. The predicted octanol–water partition coefficient (Wildman–Crippen LogP) is 4.77. The maximum atomic E-state index is 5.88. The van der Waals surface area contributed by atoms with Gasteiger partial charge in [0.2, 0.25) is 0 Å². The molecule has 0 aromatic heterocycles. The van der Waals surface area contributed by atoms with Crippen molar-refractivity contribution in [2.24, 2.45) is 11.0 Å². The number of likely N-dealkylation sites (tertiary alicyclic amines) is 1. The average molecular weight is 458 g/mol. The van der Waals surface area contributed by atoms with Gasteiger partial charge in [0, 0.05) is 37.7 Å². The molecule has 0 bridgehead atoms. The Kier molecular flexibility index (Phi) is 6.40. The van der Waals surface area contributed by atoms with Gasteiger partial charge in [0.15, 0.2) is 11.5 Å². The monoisotopic (exact) mass is 457 g/mol. The second kappa shape index (κ2) is 9.18. The number of hydrazone groups is 1. The Labute approximate surface area is 181 Å². The van der Waals surface area contributed by atoms with Crippen LogP contribution in [0.5, 0.6) is 11.5 Å². The van der Waals surface area contributed by atoms with Gasteiger partial charge in [0.25, 0.3) is 0 Å². The van der Waals surface area contributed by atoms with Crippen LogP contribution in [0.2, 0.25) is 0 Å². The van der Waals surface area contributed by atoms with Gasteiger partial charge >= 0.3 is 0 Å². The number of nitrogens with zero attached hydrogens (tertiary/aromatic N) is 2. The standard InChI is InChI=1S/C23H28BrN3O2/c1-3-28-21-13-17(12-19(24)23(21)29-4-2)22-18-15-27(11-10-20(18)25-26-22)14-16-8-6-5-7-9-16/h5-9,12-13,18,22,26H,3-4,10-11,14-15H2,1-2H3. The molecule has 2 unspecified atom stereocenters. The largest absolute Gasteiger partial charge is 0.490 e. The van der Waals surface area contributed by atoms with Crippen LogP contribution in [0, 0.1) is 5.92 Å². The fraction of sp³-hybridized carbons (Fsp3) is 0.435. The molecule has 2 aromatic rings. The summed E-state index contributed by atoms with van der Waals surface area (Å²) in [6.45, 7) is 8.21. The van der Waals surface area contributed by atoms with Crippen molar-refractivity contribution in [2.75, 3.05) is 26.3 Å². The van der Waals surface area contributed by atoms with Crippen molar-refractivity contribution in [1.82, 2.24) is 10.3 Å². The first kappa shape index (κ1) is 20.2. The van der Waals surface area contributed by atoms with E-state index in [4.69, 9.17) is 9.47 Å². The molecule has 0 saturated carbocycles. The maximum Gasteiger partial charge on any atom is 0.175 e. The molecule has 154 valence electrons. The number of hydrogen-bond acceptors (Lipinski definition) is 5. The van der Waals surface area contributed by atoms with Crippen LogP contribution in [-0.4, -0.2) is 36.9 Å². The van der Waals surface area contributed by atoms with Crippen LogP contribution < -0.4 is 14.9 Å². The van der Waals surface area contributed by atoms with Crippen molar-refractivity contribution in [1.29, 1.82) is 0 Å². The maximum absolute atomic E-state index is 5.88. The van der Waals surface area contributed by atoms with Crippen molar-refractivity contribution in [3.63, 3.8) is 0 Å². The van der Waals surface area contributed by atoms with Crippen molar-refractivity contribution >= 4 is 21.6 Å². The summed E-state index contributed by atoms with van der Waals surface area (Å²) in [6, 6.07) is 15.1. The Hall–Kier alpha value is -2.05. The van der Waals surface area contributed by atoms with E-state index in [-0.39, 0.29) is 6.04 Å². The molecule has 4 rings (SSSR count). The first-order valence-electron chi connectivity index (χ1n) is 10.4. The van der Waals surface area contributed by atoms with Crippen LogP contribution in [0.25, 0.3) is 0 Å². The van der Waals surface area contributed by atoms with Crippen LogP contribution in [0.3, 0.4) is 0 Å². The zero-order chi connectivity index (χ0) is 20.2. The molecule has 2 heterocycles. The normalized spacial score (nSPS) is 21.3. The Bertz CT molecular complexity index is 872. The number of halogens is 1. The number of benzene rings is 2. The van der Waals surface area contributed by atoms with Gasteiger partial charge in [0.1, 0.15) is 0 Å². The highest BCUT2D eigenvalue weighted by molar-refractivity contribution is 9.10. The number of rotatable bonds is 7. The SMILES string of the molecule is CCOc1cc(C2NN=C3CCN(Cc4ccccc4)CC32)cc(Br)c1OCC. The zero-order valence-electron chi connectivity index (χ0n) is 17.0. The van der Waals surface area contributed by atoms with E-state index in [0.29, 0.717) is 19.1 Å². The van der Waals surface area contributed by atoms with Crippen LogP contribution in [0.1, 0.15) is 37.4 Å². The predicted molar refractivity (Wildman–Crippen MR) is 120 cm³/mol. The van der Waals surface area contributed by atoms with Gasteiger partial charge in [-0.25, -0.2) is 0 Å². The summed E-state index contributed by atoms with van der Waals surface area (Å²) in [4.78, 5) is 2.53. The molecule has 1 N–H and O–H groups in total. The molecule has 2 atom stereocenters. The van der Waals surface area contributed by atoms with Crippen LogP contribution in [0.15, 0.2) is 52.0 Å². The Balaban J connectivity index is 1.54. The number of piperidine rings is 1. The first-order chi connectivity index (χ1) is 14.2. The lowest BCUT2D eigenvalue weighted by Crippen LogP contribution is -2.41. The molecule has 6 heteroatoms. The minimum absolute atomic E-state index is 0.148. The molecular weight excluding hydrogens is 430 g/mol.